The van der Waals surface area contributed by atoms with Gasteiger partial charge in [-0.1, -0.05) is 12.1 Å². The van der Waals surface area contributed by atoms with Crippen LogP contribution in [0.25, 0.3) is 0 Å². The molecule has 1 aromatic rings. The highest BCUT2D eigenvalue weighted by atomic mass is 32.2. The summed E-state index contributed by atoms with van der Waals surface area (Å²) in [6.07, 6.45) is -4.80. The van der Waals surface area contributed by atoms with Crippen LogP contribution in [-0.4, -0.2) is 38.3 Å². The van der Waals surface area contributed by atoms with Gasteiger partial charge in [-0.2, -0.15) is 18.4 Å². The lowest BCUT2D eigenvalue weighted by atomic mass is 10.0. The summed E-state index contributed by atoms with van der Waals surface area (Å²) in [4.78, 5) is 11.8. The first-order valence-electron chi connectivity index (χ1n) is 8.70. The van der Waals surface area contributed by atoms with Crippen LogP contribution in [0.5, 0.6) is 0 Å². The Balaban J connectivity index is 1.87. The quantitative estimate of drug-likeness (QED) is 0.795. The second-order valence-electron chi connectivity index (χ2n) is 7.20. The van der Waals surface area contributed by atoms with Gasteiger partial charge in [0, 0.05) is 7.11 Å². The van der Waals surface area contributed by atoms with Gasteiger partial charge >= 0.3 is 6.18 Å². The van der Waals surface area contributed by atoms with Crippen molar-refractivity contribution in [3.8, 4) is 6.07 Å². The number of hydrogen-bond donors (Lipinski definition) is 1. The molecule has 0 spiro atoms. The zero-order valence-corrected chi connectivity index (χ0v) is 15.8. The third-order valence-electron chi connectivity index (χ3n) is 5.36. The van der Waals surface area contributed by atoms with Crippen LogP contribution >= 0.6 is 0 Å². The fourth-order valence-corrected chi connectivity index (χ4v) is 5.61. The SMILES string of the molecule is CO[C@H]1C[C@@H](S(=O)(=O)c2ccccc2C(F)(F)F)C[C@@H]1C(=O)NC1(C#N)CC1. The number of alkyl halides is 3. The van der Waals surface area contributed by atoms with Crippen LogP contribution in [0.1, 0.15) is 31.2 Å². The van der Waals surface area contributed by atoms with Crippen molar-refractivity contribution in [2.75, 3.05) is 7.11 Å². The van der Waals surface area contributed by atoms with Gasteiger partial charge in [-0.15, -0.1) is 0 Å². The van der Waals surface area contributed by atoms with Crippen molar-refractivity contribution < 1.29 is 31.1 Å². The smallest absolute Gasteiger partial charge is 0.381 e. The average Bonchev–Trinajstić information content (AvgIpc) is 3.27. The molecule has 2 aliphatic carbocycles. The molecular weight excluding hydrogens is 397 g/mol. The van der Waals surface area contributed by atoms with Gasteiger partial charge < -0.3 is 10.1 Å². The molecule has 3 rings (SSSR count). The largest absolute Gasteiger partial charge is 0.417 e. The Morgan fingerprint density at radius 1 is 1.29 bits per heavy atom. The molecule has 1 aromatic carbocycles. The molecule has 1 amide bonds. The molecule has 10 heteroatoms. The summed E-state index contributed by atoms with van der Waals surface area (Å²) in [5.41, 5.74) is -2.15. The normalized spacial score (nSPS) is 26.5. The zero-order chi connectivity index (χ0) is 20.7. The lowest BCUT2D eigenvalue weighted by Gasteiger charge is -2.19. The number of carbonyl (C=O) groups excluding carboxylic acids is 1. The number of nitrogens with one attached hydrogen (secondary N) is 1. The number of halogens is 3. The van der Waals surface area contributed by atoms with Gasteiger partial charge in [-0.05, 0) is 37.8 Å². The first kappa shape index (κ1) is 20.6. The van der Waals surface area contributed by atoms with Crippen LogP contribution < -0.4 is 5.32 Å². The third kappa shape index (κ3) is 3.73. The molecule has 2 aliphatic rings. The van der Waals surface area contributed by atoms with Crippen LogP contribution in [0.15, 0.2) is 29.2 Å². The first-order valence-corrected chi connectivity index (χ1v) is 10.2. The van der Waals surface area contributed by atoms with Crippen molar-refractivity contribution in [3.05, 3.63) is 29.8 Å². The van der Waals surface area contributed by atoms with Gasteiger partial charge in [0.05, 0.1) is 33.8 Å². The maximum atomic E-state index is 13.3. The topological polar surface area (TPSA) is 96.3 Å². The number of nitrogens with zero attached hydrogens (tertiary/aromatic N) is 1. The van der Waals surface area contributed by atoms with E-state index in [1.807, 2.05) is 6.07 Å². The van der Waals surface area contributed by atoms with Gasteiger partial charge in [0.1, 0.15) is 5.54 Å². The van der Waals surface area contributed by atoms with Crippen LogP contribution in [0, 0.1) is 17.2 Å². The Morgan fingerprint density at radius 2 is 1.93 bits per heavy atom. The summed E-state index contributed by atoms with van der Waals surface area (Å²) in [5.74, 6) is -1.36. The summed E-state index contributed by atoms with van der Waals surface area (Å²) in [7, 11) is -3.02. The molecule has 6 nitrogen and oxygen atoms in total. The first-order chi connectivity index (χ1) is 13.0. The van der Waals surface area contributed by atoms with E-state index >= 15 is 0 Å². The number of amides is 1. The molecule has 2 saturated carbocycles. The van der Waals surface area contributed by atoms with Crippen molar-refractivity contribution in [3.63, 3.8) is 0 Å². The van der Waals surface area contributed by atoms with E-state index in [2.05, 4.69) is 5.32 Å². The minimum Gasteiger partial charge on any atom is -0.381 e. The molecule has 2 fully saturated rings. The fourth-order valence-electron chi connectivity index (χ4n) is 3.59. The fraction of sp³-hybridized carbons (Fsp3) is 0.556. The predicted octanol–water partition coefficient (Wildman–Crippen LogP) is 2.45. The molecule has 0 bridgehead atoms. The van der Waals surface area contributed by atoms with Gasteiger partial charge in [0.25, 0.3) is 0 Å². The molecule has 0 aliphatic heterocycles. The Hall–Kier alpha value is -2.12. The Kier molecular flexibility index (Phi) is 5.18. The second kappa shape index (κ2) is 7.04. The molecule has 0 unspecified atom stereocenters. The number of ether oxygens (including phenoxy) is 1. The number of hydrogen-bond acceptors (Lipinski definition) is 5. The number of carbonyl (C=O) groups is 1. The Bertz CT molecular complexity index is 919. The van der Waals surface area contributed by atoms with Crippen LogP contribution in [0.2, 0.25) is 0 Å². The molecule has 3 atom stereocenters. The van der Waals surface area contributed by atoms with E-state index in [4.69, 9.17) is 10.00 Å². The molecular formula is C18H19F3N2O4S. The van der Waals surface area contributed by atoms with E-state index in [0.717, 1.165) is 18.2 Å². The maximum Gasteiger partial charge on any atom is 0.417 e. The van der Waals surface area contributed by atoms with Gasteiger partial charge in [0.15, 0.2) is 9.84 Å². The summed E-state index contributed by atoms with van der Waals surface area (Å²) in [5, 5.41) is 10.5. The molecule has 28 heavy (non-hydrogen) atoms. The van der Waals surface area contributed by atoms with Crippen LogP contribution in [-0.2, 0) is 25.5 Å². The Morgan fingerprint density at radius 3 is 2.46 bits per heavy atom. The molecule has 1 N–H and O–H groups in total. The average molecular weight is 416 g/mol. The van der Waals surface area contributed by atoms with Crippen molar-refractivity contribution >= 4 is 15.7 Å². The van der Waals surface area contributed by atoms with Gasteiger partial charge in [0.2, 0.25) is 5.91 Å². The summed E-state index contributed by atoms with van der Waals surface area (Å²) >= 11 is 0. The monoisotopic (exact) mass is 416 g/mol. The zero-order valence-electron chi connectivity index (χ0n) is 15.0. The van der Waals surface area contributed by atoms with Gasteiger partial charge in [-0.25, -0.2) is 8.42 Å². The lowest BCUT2D eigenvalue weighted by Crippen LogP contribution is -2.42. The predicted molar refractivity (Wildman–Crippen MR) is 91.7 cm³/mol. The van der Waals surface area contributed by atoms with Crippen molar-refractivity contribution in [1.82, 2.24) is 5.32 Å². The lowest BCUT2D eigenvalue weighted by molar-refractivity contribution is -0.140. The van der Waals surface area contributed by atoms with Crippen LogP contribution in [0.4, 0.5) is 13.2 Å². The number of methoxy groups -OCH3 is 1. The summed E-state index contributed by atoms with van der Waals surface area (Å²) < 4.78 is 70.9. The highest BCUT2D eigenvalue weighted by Gasteiger charge is 2.51. The number of rotatable bonds is 5. The molecule has 0 radical (unpaired) electrons. The van der Waals surface area contributed by atoms with E-state index in [9.17, 15) is 26.4 Å². The van der Waals surface area contributed by atoms with E-state index in [1.165, 1.54) is 13.2 Å². The Labute approximate surface area is 160 Å². The van der Waals surface area contributed by atoms with Crippen molar-refractivity contribution in [2.45, 2.75) is 53.6 Å². The van der Waals surface area contributed by atoms with Gasteiger partial charge in [-0.3, -0.25) is 4.79 Å². The third-order valence-corrected chi connectivity index (χ3v) is 7.60. The molecule has 0 heterocycles. The van der Waals surface area contributed by atoms with Crippen molar-refractivity contribution in [1.29, 1.82) is 5.26 Å². The van der Waals surface area contributed by atoms with E-state index < -0.39 is 55.2 Å². The summed E-state index contributed by atoms with van der Waals surface area (Å²) in [6, 6.07) is 6.04. The van der Waals surface area contributed by atoms with Crippen LogP contribution in [0.3, 0.4) is 0 Å². The minimum atomic E-state index is -4.81. The molecule has 0 saturated heterocycles. The van der Waals surface area contributed by atoms with Crippen molar-refractivity contribution in [2.24, 2.45) is 5.92 Å². The maximum absolute atomic E-state index is 13.3. The second-order valence-corrected chi connectivity index (χ2v) is 9.39. The highest BCUT2D eigenvalue weighted by molar-refractivity contribution is 7.92. The van der Waals surface area contributed by atoms with E-state index in [-0.39, 0.29) is 12.8 Å². The summed E-state index contributed by atoms with van der Waals surface area (Å²) in [6.45, 7) is 0. The molecule has 0 aromatic heterocycles. The minimum absolute atomic E-state index is 0.0946. The highest BCUT2D eigenvalue weighted by Crippen LogP contribution is 2.41. The number of sulfone groups is 1. The molecule has 152 valence electrons. The van der Waals surface area contributed by atoms with E-state index in [0.29, 0.717) is 12.8 Å². The number of benzene rings is 1. The standard InChI is InChI=1S/C18H19F3N2O4S/c1-27-14-9-11(8-12(14)16(24)23-17(10-22)6-7-17)28(25,26)15-5-3-2-4-13(15)18(19,20)21/h2-5,11-12,14H,6-9H2,1H3,(H,23,24)/t11-,12-,14-/m0/s1. The number of nitriles is 1. The van der Waals surface area contributed by atoms with E-state index in [1.54, 1.807) is 0 Å².